The molecule has 0 aliphatic rings. The topological polar surface area (TPSA) is 77.3 Å². The molecule has 1 heterocycles. The molecule has 0 saturated carbocycles. The Bertz CT molecular complexity index is 1060. The maximum Gasteiger partial charge on any atom is 0.322 e. The van der Waals surface area contributed by atoms with Crippen LogP contribution in [0.1, 0.15) is 17.0 Å². The zero-order valence-electron chi connectivity index (χ0n) is 15.8. The van der Waals surface area contributed by atoms with E-state index in [4.69, 9.17) is 9.15 Å². The van der Waals surface area contributed by atoms with Crippen LogP contribution >= 0.6 is 0 Å². The smallest absolute Gasteiger partial charge is 0.322 e. The fourth-order valence-electron chi connectivity index (χ4n) is 3.17. The first-order valence-corrected chi connectivity index (χ1v) is 9.14. The van der Waals surface area contributed by atoms with E-state index in [-0.39, 0.29) is 17.8 Å². The minimum absolute atomic E-state index is 0.0350. The number of ether oxygens (including phenoxy) is 1. The van der Waals surface area contributed by atoms with Crippen LogP contribution in [0.2, 0.25) is 0 Å². The van der Waals surface area contributed by atoms with Crippen LogP contribution in [0.3, 0.4) is 0 Å². The van der Waals surface area contributed by atoms with Crippen molar-refractivity contribution in [2.75, 3.05) is 12.4 Å². The number of carbonyl (C=O) groups excluding carboxylic acids is 1. The van der Waals surface area contributed by atoms with E-state index in [9.17, 15) is 4.79 Å². The van der Waals surface area contributed by atoms with E-state index in [1.54, 1.807) is 13.2 Å². The molecule has 4 aromatic rings. The molecule has 1 N–H and O–H groups in total. The number of amides is 1. The molecule has 3 aromatic carbocycles. The number of aromatic nitrogens is 2. The number of anilines is 1. The minimum atomic E-state index is -0.501. The van der Waals surface area contributed by atoms with Gasteiger partial charge in [-0.1, -0.05) is 77.9 Å². The van der Waals surface area contributed by atoms with Gasteiger partial charge < -0.3 is 9.15 Å². The standard InChI is InChI=1S/C23H19N3O3/c1-28-19-15-9-8-14-18(19)22-25-26-23(29-22)24-21(27)20(16-10-4-2-5-11-16)17-12-6-3-7-13-17/h2-15,20H,1H3,(H,24,26,27). The summed E-state index contributed by atoms with van der Waals surface area (Å²) >= 11 is 0. The van der Waals surface area contributed by atoms with E-state index in [0.29, 0.717) is 11.3 Å². The van der Waals surface area contributed by atoms with Crippen molar-refractivity contribution in [2.24, 2.45) is 0 Å². The number of methoxy groups -OCH3 is 1. The molecule has 1 amide bonds. The number of nitrogens with one attached hydrogen (secondary N) is 1. The second-order valence-electron chi connectivity index (χ2n) is 6.36. The average molecular weight is 385 g/mol. The highest BCUT2D eigenvalue weighted by molar-refractivity contribution is 5.96. The first-order chi connectivity index (χ1) is 14.3. The first kappa shape index (κ1) is 18.4. The summed E-state index contributed by atoms with van der Waals surface area (Å²) in [5, 5.41) is 10.8. The highest BCUT2D eigenvalue weighted by Gasteiger charge is 2.24. The van der Waals surface area contributed by atoms with Crippen molar-refractivity contribution in [1.29, 1.82) is 0 Å². The lowest BCUT2D eigenvalue weighted by atomic mass is 9.90. The lowest BCUT2D eigenvalue weighted by molar-refractivity contribution is -0.116. The van der Waals surface area contributed by atoms with E-state index in [2.05, 4.69) is 15.5 Å². The highest BCUT2D eigenvalue weighted by atomic mass is 16.5. The summed E-state index contributed by atoms with van der Waals surface area (Å²) in [6, 6.07) is 26.5. The first-order valence-electron chi connectivity index (χ1n) is 9.14. The molecule has 0 spiro atoms. The summed E-state index contributed by atoms with van der Waals surface area (Å²) in [6.45, 7) is 0. The molecule has 1 aromatic heterocycles. The molecule has 6 nitrogen and oxygen atoms in total. The molecule has 0 aliphatic carbocycles. The van der Waals surface area contributed by atoms with Gasteiger partial charge in [0.15, 0.2) is 0 Å². The SMILES string of the molecule is COc1ccccc1-c1nnc(NC(=O)C(c2ccccc2)c2ccccc2)o1. The Hall–Kier alpha value is -3.93. The predicted molar refractivity (Wildman–Crippen MR) is 110 cm³/mol. The Balaban J connectivity index is 1.61. The van der Waals surface area contributed by atoms with Gasteiger partial charge in [0.05, 0.1) is 18.6 Å². The monoisotopic (exact) mass is 385 g/mol. The molecule has 0 saturated heterocycles. The normalized spacial score (nSPS) is 10.7. The Morgan fingerprint density at radius 2 is 1.45 bits per heavy atom. The number of rotatable bonds is 6. The van der Waals surface area contributed by atoms with Gasteiger partial charge in [-0.15, -0.1) is 5.10 Å². The molecule has 0 atom stereocenters. The Morgan fingerprint density at radius 3 is 2.07 bits per heavy atom. The Morgan fingerprint density at radius 1 is 0.862 bits per heavy atom. The number of nitrogens with zero attached hydrogens (tertiary/aromatic N) is 2. The zero-order valence-corrected chi connectivity index (χ0v) is 15.8. The van der Waals surface area contributed by atoms with E-state index < -0.39 is 5.92 Å². The van der Waals surface area contributed by atoms with Gasteiger partial charge in [-0.05, 0) is 23.3 Å². The van der Waals surface area contributed by atoms with Gasteiger partial charge in [0.2, 0.25) is 5.91 Å². The molecule has 0 fully saturated rings. The number of hydrogen-bond acceptors (Lipinski definition) is 5. The second-order valence-corrected chi connectivity index (χ2v) is 6.36. The number of para-hydroxylation sites is 1. The fourth-order valence-corrected chi connectivity index (χ4v) is 3.17. The van der Waals surface area contributed by atoms with E-state index >= 15 is 0 Å². The summed E-state index contributed by atoms with van der Waals surface area (Å²) in [4.78, 5) is 13.1. The minimum Gasteiger partial charge on any atom is -0.496 e. The Labute approximate surface area is 168 Å². The maximum atomic E-state index is 13.1. The molecular weight excluding hydrogens is 366 g/mol. The van der Waals surface area contributed by atoms with Crippen molar-refractivity contribution in [3.05, 3.63) is 96.1 Å². The molecule has 4 rings (SSSR count). The molecule has 0 aliphatic heterocycles. The van der Waals surface area contributed by atoms with Crippen molar-refractivity contribution in [3.63, 3.8) is 0 Å². The van der Waals surface area contributed by atoms with E-state index in [1.807, 2.05) is 78.9 Å². The third-order valence-corrected chi connectivity index (χ3v) is 4.52. The van der Waals surface area contributed by atoms with Crippen LogP contribution in [0.4, 0.5) is 6.01 Å². The van der Waals surface area contributed by atoms with Crippen LogP contribution in [0, 0.1) is 0 Å². The van der Waals surface area contributed by atoms with Gasteiger partial charge >= 0.3 is 6.01 Å². The summed E-state index contributed by atoms with van der Waals surface area (Å²) in [6.07, 6.45) is 0. The van der Waals surface area contributed by atoms with Crippen LogP contribution in [0.15, 0.2) is 89.3 Å². The lowest BCUT2D eigenvalue weighted by Gasteiger charge is -2.16. The second kappa shape index (κ2) is 8.39. The van der Waals surface area contributed by atoms with Crippen molar-refractivity contribution in [2.45, 2.75) is 5.92 Å². The third-order valence-electron chi connectivity index (χ3n) is 4.52. The van der Waals surface area contributed by atoms with Crippen molar-refractivity contribution < 1.29 is 13.9 Å². The lowest BCUT2D eigenvalue weighted by Crippen LogP contribution is -2.22. The van der Waals surface area contributed by atoms with Crippen LogP contribution in [0.25, 0.3) is 11.5 Å². The van der Waals surface area contributed by atoms with Gasteiger partial charge in [-0.25, -0.2) is 0 Å². The third kappa shape index (κ3) is 4.01. The summed E-state index contributed by atoms with van der Waals surface area (Å²) in [5.41, 5.74) is 2.41. The fraction of sp³-hybridized carbons (Fsp3) is 0.0870. The molecule has 29 heavy (non-hydrogen) atoms. The molecule has 0 radical (unpaired) electrons. The van der Waals surface area contributed by atoms with E-state index in [0.717, 1.165) is 11.1 Å². The molecule has 0 unspecified atom stereocenters. The van der Waals surface area contributed by atoms with Crippen molar-refractivity contribution in [1.82, 2.24) is 10.2 Å². The highest BCUT2D eigenvalue weighted by Crippen LogP contribution is 2.30. The van der Waals surface area contributed by atoms with Gasteiger partial charge in [-0.3, -0.25) is 10.1 Å². The van der Waals surface area contributed by atoms with Crippen LogP contribution in [-0.2, 0) is 4.79 Å². The van der Waals surface area contributed by atoms with Crippen molar-refractivity contribution >= 4 is 11.9 Å². The van der Waals surface area contributed by atoms with Crippen LogP contribution < -0.4 is 10.1 Å². The molecule has 6 heteroatoms. The summed E-state index contributed by atoms with van der Waals surface area (Å²) < 4.78 is 11.0. The Kier molecular flexibility index (Phi) is 5.33. The molecular formula is C23H19N3O3. The quantitative estimate of drug-likeness (QED) is 0.528. The summed E-state index contributed by atoms with van der Waals surface area (Å²) in [5.74, 6) is 0.130. The zero-order chi connectivity index (χ0) is 20.1. The number of carbonyl (C=O) groups is 1. The predicted octanol–water partition coefficient (Wildman–Crippen LogP) is 4.52. The largest absolute Gasteiger partial charge is 0.496 e. The van der Waals surface area contributed by atoms with Gasteiger partial charge in [-0.2, -0.15) is 0 Å². The van der Waals surface area contributed by atoms with Crippen molar-refractivity contribution in [3.8, 4) is 17.2 Å². The molecule has 0 bridgehead atoms. The molecule has 144 valence electrons. The number of benzene rings is 3. The van der Waals surface area contributed by atoms with Crippen LogP contribution in [-0.4, -0.2) is 23.2 Å². The maximum absolute atomic E-state index is 13.1. The van der Waals surface area contributed by atoms with Gasteiger partial charge in [0.25, 0.3) is 5.89 Å². The average Bonchev–Trinajstić information content (AvgIpc) is 3.23. The summed E-state index contributed by atoms with van der Waals surface area (Å²) in [7, 11) is 1.57. The van der Waals surface area contributed by atoms with Gasteiger partial charge in [0.1, 0.15) is 5.75 Å². The van der Waals surface area contributed by atoms with Crippen LogP contribution in [0.5, 0.6) is 5.75 Å². The number of hydrogen-bond donors (Lipinski definition) is 1. The van der Waals surface area contributed by atoms with Gasteiger partial charge in [0, 0.05) is 0 Å². The van der Waals surface area contributed by atoms with E-state index in [1.165, 1.54) is 0 Å².